The number of hydrogen-bond donors (Lipinski definition) is 1. The number of aromatic nitrogens is 1. The van der Waals surface area contributed by atoms with E-state index in [9.17, 15) is 9.90 Å². The Bertz CT molecular complexity index is 666. The summed E-state index contributed by atoms with van der Waals surface area (Å²) in [5, 5.41) is 10.7. The maximum absolute atomic E-state index is 12.6. The zero-order valence-corrected chi connectivity index (χ0v) is 13.9. The number of nitrogens with zero attached hydrogens (tertiary/aromatic N) is 3. The number of aliphatic hydroxyl groups is 1. The minimum Gasteiger partial charge on any atom is -0.385 e. The highest BCUT2D eigenvalue weighted by atomic mass is 16.3. The van der Waals surface area contributed by atoms with Crippen LogP contribution in [0.5, 0.6) is 0 Å². The van der Waals surface area contributed by atoms with Gasteiger partial charge < -0.3 is 14.9 Å². The summed E-state index contributed by atoms with van der Waals surface area (Å²) < 4.78 is 0. The summed E-state index contributed by atoms with van der Waals surface area (Å²) >= 11 is 0. The molecule has 0 spiro atoms. The first-order valence-corrected chi connectivity index (χ1v) is 8.27. The van der Waals surface area contributed by atoms with E-state index >= 15 is 0 Å². The van der Waals surface area contributed by atoms with Gasteiger partial charge >= 0.3 is 0 Å². The zero-order chi connectivity index (χ0) is 17.0. The Kier molecular flexibility index (Phi) is 4.81. The fourth-order valence-corrected chi connectivity index (χ4v) is 3.07. The van der Waals surface area contributed by atoms with Crippen molar-refractivity contribution in [2.24, 2.45) is 0 Å². The molecule has 2 aromatic rings. The smallest absolute Gasteiger partial charge is 0.225 e. The van der Waals surface area contributed by atoms with Gasteiger partial charge in [-0.1, -0.05) is 30.3 Å². The molecule has 1 unspecified atom stereocenters. The van der Waals surface area contributed by atoms with Crippen molar-refractivity contribution in [2.45, 2.75) is 18.9 Å². The average Bonchev–Trinajstić information content (AvgIpc) is 2.63. The van der Waals surface area contributed by atoms with Gasteiger partial charge in [-0.2, -0.15) is 0 Å². The van der Waals surface area contributed by atoms with E-state index in [0.29, 0.717) is 13.1 Å². The maximum atomic E-state index is 12.6. The van der Waals surface area contributed by atoms with Crippen molar-refractivity contribution in [3.63, 3.8) is 0 Å². The fraction of sp³-hybridized carbons (Fsp3) is 0.368. The second kappa shape index (κ2) is 7.01. The lowest BCUT2D eigenvalue weighted by molar-refractivity contribution is -0.136. The highest BCUT2D eigenvalue weighted by Gasteiger charge is 2.30. The lowest BCUT2D eigenvalue weighted by atomic mass is 9.92. The summed E-state index contributed by atoms with van der Waals surface area (Å²) in [6, 6.07) is 13.3. The van der Waals surface area contributed by atoms with Crippen molar-refractivity contribution >= 4 is 11.6 Å². The molecule has 1 amide bonds. The van der Waals surface area contributed by atoms with E-state index in [-0.39, 0.29) is 12.3 Å². The minimum absolute atomic E-state index is 0.00164. The van der Waals surface area contributed by atoms with E-state index in [1.807, 2.05) is 47.4 Å². The molecule has 5 heteroatoms. The van der Waals surface area contributed by atoms with Gasteiger partial charge in [0.25, 0.3) is 0 Å². The Labute approximate surface area is 142 Å². The quantitative estimate of drug-likeness (QED) is 0.934. The van der Waals surface area contributed by atoms with Crippen molar-refractivity contribution in [1.29, 1.82) is 0 Å². The molecule has 1 fully saturated rings. The Morgan fingerprint density at radius 3 is 2.33 bits per heavy atom. The topological polar surface area (TPSA) is 56.7 Å². The number of piperazine rings is 1. The van der Waals surface area contributed by atoms with Crippen molar-refractivity contribution in [3.05, 3.63) is 60.4 Å². The molecule has 1 atom stereocenters. The molecule has 1 N–H and O–H groups in total. The van der Waals surface area contributed by atoms with Crippen LogP contribution in [-0.4, -0.2) is 47.1 Å². The van der Waals surface area contributed by atoms with Crippen LogP contribution in [0.15, 0.2) is 54.9 Å². The van der Waals surface area contributed by atoms with E-state index < -0.39 is 5.60 Å². The van der Waals surface area contributed by atoms with E-state index in [2.05, 4.69) is 9.88 Å². The molecule has 1 aromatic carbocycles. The van der Waals surface area contributed by atoms with Crippen LogP contribution in [0.4, 0.5) is 5.69 Å². The predicted octanol–water partition coefficient (Wildman–Crippen LogP) is 2.03. The lowest BCUT2D eigenvalue weighted by Gasteiger charge is -2.37. The number of carbonyl (C=O) groups excluding carboxylic acids is 1. The van der Waals surface area contributed by atoms with Crippen molar-refractivity contribution in [1.82, 2.24) is 9.88 Å². The van der Waals surface area contributed by atoms with Crippen LogP contribution in [-0.2, 0) is 10.4 Å². The Balaban J connectivity index is 1.57. The summed E-state index contributed by atoms with van der Waals surface area (Å²) in [5.74, 6) is -0.00164. The second-order valence-corrected chi connectivity index (χ2v) is 6.39. The molecule has 2 heterocycles. The molecule has 1 aliphatic heterocycles. The van der Waals surface area contributed by atoms with E-state index in [0.717, 1.165) is 24.3 Å². The van der Waals surface area contributed by atoms with E-state index in [1.54, 1.807) is 19.3 Å². The molecule has 0 aliphatic carbocycles. The SMILES string of the molecule is CC(O)(CC(=O)N1CCN(c2ccncc2)CC1)c1ccccc1. The summed E-state index contributed by atoms with van der Waals surface area (Å²) in [5.41, 5.74) is 0.766. The van der Waals surface area contributed by atoms with Gasteiger partial charge in [0.2, 0.25) is 5.91 Å². The van der Waals surface area contributed by atoms with Crippen LogP contribution >= 0.6 is 0 Å². The van der Waals surface area contributed by atoms with Gasteiger partial charge in [-0.25, -0.2) is 0 Å². The second-order valence-electron chi connectivity index (χ2n) is 6.39. The normalized spacial score (nSPS) is 17.4. The first-order valence-electron chi connectivity index (χ1n) is 8.27. The van der Waals surface area contributed by atoms with Crippen LogP contribution < -0.4 is 4.90 Å². The first kappa shape index (κ1) is 16.5. The number of rotatable bonds is 4. The largest absolute Gasteiger partial charge is 0.385 e. The molecule has 0 saturated carbocycles. The van der Waals surface area contributed by atoms with E-state index in [4.69, 9.17) is 0 Å². The van der Waals surface area contributed by atoms with Gasteiger partial charge in [0, 0.05) is 44.3 Å². The predicted molar refractivity (Wildman–Crippen MR) is 93.7 cm³/mol. The van der Waals surface area contributed by atoms with Gasteiger partial charge in [0.1, 0.15) is 0 Å². The van der Waals surface area contributed by atoms with Crippen molar-refractivity contribution in [2.75, 3.05) is 31.1 Å². The Morgan fingerprint density at radius 1 is 1.08 bits per heavy atom. The molecule has 1 aliphatic rings. The Morgan fingerprint density at radius 2 is 1.71 bits per heavy atom. The summed E-state index contributed by atoms with van der Waals surface area (Å²) in [4.78, 5) is 20.7. The van der Waals surface area contributed by atoms with Crippen LogP contribution in [0.25, 0.3) is 0 Å². The molecule has 5 nitrogen and oxygen atoms in total. The third-order valence-corrected chi connectivity index (χ3v) is 4.55. The van der Waals surface area contributed by atoms with Crippen molar-refractivity contribution < 1.29 is 9.90 Å². The summed E-state index contributed by atoms with van der Waals surface area (Å²) in [6.07, 6.45) is 3.67. The number of amides is 1. The molecule has 1 aromatic heterocycles. The molecule has 3 rings (SSSR count). The number of pyridine rings is 1. The zero-order valence-electron chi connectivity index (χ0n) is 13.9. The molecule has 0 radical (unpaired) electrons. The minimum atomic E-state index is -1.14. The van der Waals surface area contributed by atoms with Crippen LogP contribution in [0.3, 0.4) is 0 Å². The van der Waals surface area contributed by atoms with Gasteiger partial charge in [-0.15, -0.1) is 0 Å². The van der Waals surface area contributed by atoms with Gasteiger partial charge in [0.05, 0.1) is 12.0 Å². The van der Waals surface area contributed by atoms with Crippen LogP contribution in [0.1, 0.15) is 18.9 Å². The molecule has 1 saturated heterocycles. The molecule has 126 valence electrons. The molecule has 0 bridgehead atoms. The number of carbonyl (C=O) groups is 1. The molecule has 24 heavy (non-hydrogen) atoms. The third kappa shape index (κ3) is 3.74. The lowest BCUT2D eigenvalue weighted by Crippen LogP contribution is -2.50. The maximum Gasteiger partial charge on any atom is 0.225 e. The highest BCUT2D eigenvalue weighted by Crippen LogP contribution is 2.25. The van der Waals surface area contributed by atoms with E-state index in [1.165, 1.54) is 0 Å². The molecular weight excluding hydrogens is 302 g/mol. The van der Waals surface area contributed by atoms with Gasteiger partial charge in [-0.3, -0.25) is 9.78 Å². The highest BCUT2D eigenvalue weighted by molar-refractivity contribution is 5.77. The standard InChI is InChI=1S/C19H23N3O2/c1-19(24,16-5-3-2-4-6-16)15-18(23)22-13-11-21(12-14-22)17-7-9-20-10-8-17/h2-10,24H,11-15H2,1H3. The summed E-state index contributed by atoms with van der Waals surface area (Å²) in [7, 11) is 0. The Hall–Kier alpha value is -2.40. The molecular formula is C19H23N3O2. The van der Waals surface area contributed by atoms with Gasteiger partial charge in [0.15, 0.2) is 0 Å². The summed E-state index contributed by atoms with van der Waals surface area (Å²) in [6.45, 7) is 4.64. The van der Waals surface area contributed by atoms with Gasteiger partial charge in [-0.05, 0) is 24.6 Å². The fourth-order valence-electron chi connectivity index (χ4n) is 3.07. The number of anilines is 1. The third-order valence-electron chi connectivity index (χ3n) is 4.55. The van der Waals surface area contributed by atoms with Crippen molar-refractivity contribution in [3.8, 4) is 0 Å². The van der Waals surface area contributed by atoms with Crippen LogP contribution in [0.2, 0.25) is 0 Å². The number of benzene rings is 1. The first-order chi connectivity index (χ1) is 11.6. The number of hydrogen-bond acceptors (Lipinski definition) is 4. The average molecular weight is 325 g/mol. The van der Waals surface area contributed by atoms with Crippen LogP contribution in [0, 0.1) is 0 Å². The monoisotopic (exact) mass is 325 g/mol.